The minimum atomic E-state index is -5.06. The third kappa shape index (κ3) is 12.2. The molecule has 0 aromatic heterocycles. The normalized spacial score (nSPS) is 21.5. The topological polar surface area (TPSA) is 152 Å². The molecule has 6 N–H and O–H groups in total. The van der Waals surface area contributed by atoms with Crippen LogP contribution in [0, 0.1) is 0 Å². The van der Waals surface area contributed by atoms with Crippen molar-refractivity contribution >= 4 is 35.6 Å². The van der Waals surface area contributed by atoms with Crippen LogP contribution in [0.3, 0.4) is 0 Å². The number of nitrogens with one attached hydrogen (secondary N) is 4. The molecule has 2 unspecified atom stereocenters. The molecule has 2 fully saturated rings. The zero-order valence-corrected chi connectivity index (χ0v) is 21.7. The highest BCUT2D eigenvalue weighted by molar-refractivity contribution is 8.00. The van der Waals surface area contributed by atoms with E-state index in [1.807, 2.05) is 11.8 Å². The predicted molar refractivity (Wildman–Crippen MR) is 132 cm³/mol. The fraction of sp³-hybridized carbons (Fsp3) is 0.826. The Balaban J connectivity index is 1.36. The molecule has 37 heavy (non-hydrogen) atoms. The largest absolute Gasteiger partial charge is 0.490 e. The number of thioether (sulfide) groups is 1. The molecular weight excluding hydrogens is 515 g/mol. The minimum Gasteiger partial charge on any atom is -0.440 e. The summed E-state index contributed by atoms with van der Waals surface area (Å²) in [6.07, 6.45) is 0.423. The molecule has 0 aromatic rings. The lowest BCUT2D eigenvalue weighted by atomic mass is 10.0. The fourth-order valence-corrected chi connectivity index (χ4v) is 5.77. The molecule has 0 bridgehead atoms. The summed E-state index contributed by atoms with van der Waals surface area (Å²) in [6.45, 7) is 0.931. The van der Waals surface area contributed by atoms with Gasteiger partial charge in [0.1, 0.15) is 0 Å². The molecular formula is C23H38F3N5O5S. The van der Waals surface area contributed by atoms with Crippen LogP contribution >= 0.6 is 11.8 Å². The Morgan fingerprint density at radius 1 is 0.973 bits per heavy atom. The van der Waals surface area contributed by atoms with E-state index >= 15 is 0 Å². The van der Waals surface area contributed by atoms with Crippen molar-refractivity contribution in [3.05, 3.63) is 0 Å². The quantitative estimate of drug-likeness (QED) is 0.0800. The molecule has 10 nitrogen and oxygen atoms in total. The number of ether oxygens (including phenoxy) is 1. The Bertz CT molecular complexity index is 774. The van der Waals surface area contributed by atoms with Crippen LogP contribution < -0.4 is 27.0 Å². The number of unbranched alkanes of at least 4 members (excludes halogenated alkanes) is 4. The second kappa shape index (κ2) is 15.9. The molecule has 2 aliphatic heterocycles. The van der Waals surface area contributed by atoms with Gasteiger partial charge in [0.05, 0.1) is 12.1 Å². The van der Waals surface area contributed by atoms with Crippen LogP contribution in [0.5, 0.6) is 0 Å². The first-order valence-electron chi connectivity index (χ1n) is 12.8. The van der Waals surface area contributed by atoms with Gasteiger partial charge in [0, 0.05) is 36.9 Å². The number of carbonyl (C=O) groups is 4. The average Bonchev–Trinajstić information content (AvgIpc) is 3.37. The van der Waals surface area contributed by atoms with E-state index in [9.17, 15) is 32.3 Å². The van der Waals surface area contributed by atoms with Crippen molar-refractivity contribution < 1.29 is 37.1 Å². The first-order valence-corrected chi connectivity index (χ1v) is 13.9. The van der Waals surface area contributed by atoms with Crippen molar-refractivity contribution in [3.8, 4) is 0 Å². The molecule has 2 aliphatic rings. The molecule has 14 heteroatoms. The molecule has 0 radical (unpaired) electrons. The molecule has 4 atom stereocenters. The van der Waals surface area contributed by atoms with Gasteiger partial charge in [-0.05, 0) is 44.9 Å². The van der Waals surface area contributed by atoms with Gasteiger partial charge in [0.25, 0.3) is 0 Å². The number of urea groups is 1. The van der Waals surface area contributed by atoms with Crippen LogP contribution in [-0.2, 0) is 19.1 Å². The van der Waals surface area contributed by atoms with Crippen LogP contribution in [0.4, 0.5) is 18.0 Å². The Morgan fingerprint density at radius 3 is 2.24 bits per heavy atom. The molecule has 4 amide bonds. The van der Waals surface area contributed by atoms with E-state index in [0.717, 1.165) is 37.9 Å². The summed E-state index contributed by atoms with van der Waals surface area (Å²) >= 11 is 1.87. The summed E-state index contributed by atoms with van der Waals surface area (Å²) in [6, 6.07) is 0.328. The van der Waals surface area contributed by atoms with Gasteiger partial charge in [-0.25, -0.2) is 9.59 Å². The van der Waals surface area contributed by atoms with E-state index in [2.05, 4.69) is 26.0 Å². The zero-order chi connectivity index (χ0) is 27.3. The van der Waals surface area contributed by atoms with E-state index in [1.54, 1.807) is 0 Å². The van der Waals surface area contributed by atoms with E-state index < -0.39 is 18.4 Å². The van der Waals surface area contributed by atoms with Crippen LogP contribution in [0.15, 0.2) is 0 Å². The van der Waals surface area contributed by atoms with Gasteiger partial charge in [0.2, 0.25) is 11.8 Å². The van der Waals surface area contributed by atoms with Gasteiger partial charge >= 0.3 is 18.2 Å². The Morgan fingerprint density at radius 2 is 1.59 bits per heavy atom. The SMILES string of the molecule is NC(CCCCNC(=O)CCCCCNC(=O)CCCCC1SC[C@@H]2NC(=O)N[C@H]12)OC(=O)C(F)(F)F. The summed E-state index contributed by atoms with van der Waals surface area (Å²) < 4.78 is 40.3. The second-order valence-electron chi connectivity index (χ2n) is 9.32. The molecule has 2 saturated heterocycles. The second-order valence-corrected chi connectivity index (χ2v) is 10.6. The maximum atomic E-state index is 12.1. The van der Waals surface area contributed by atoms with Gasteiger partial charge in [-0.15, -0.1) is 0 Å². The molecule has 212 valence electrons. The maximum Gasteiger partial charge on any atom is 0.490 e. The highest BCUT2D eigenvalue weighted by Gasteiger charge is 2.43. The number of amides is 4. The van der Waals surface area contributed by atoms with E-state index in [4.69, 9.17) is 5.73 Å². The molecule has 2 rings (SSSR count). The van der Waals surface area contributed by atoms with Crippen LogP contribution in [0.1, 0.15) is 70.6 Å². The first-order chi connectivity index (χ1) is 17.6. The number of alkyl halides is 3. The lowest BCUT2D eigenvalue weighted by molar-refractivity contribution is -0.204. The Hall–Kier alpha value is -2.22. The van der Waals surface area contributed by atoms with Crippen LogP contribution in [0.25, 0.3) is 0 Å². The first kappa shape index (κ1) is 31.0. The van der Waals surface area contributed by atoms with Crippen molar-refractivity contribution in [2.45, 2.75) is 100 Å². The van der Waals surface area contributed by atoms with E-state index in [1.165, 1.54) is 0 Å². The Labute approximate surface area is 219 Å². The van der Waals surface area contributed by atoms with Gasteiger partial charge in [-0.3, -0.25) is 15.3 Å². The minimum absolute atomic E-state index is 0.0263. The van der Waals surface area contributed by atoms with Crippen molar-refractivity contribution in [3.63, 3.8) is 0 Å². The number of rotatable bonds is 17. The standard InChI is InChI=1S/C23H38F3N5O5S/c24-23(25,26)21(34)36-17(27)9-5-7-13-29-18(32)10-2-1-6-12-28-19(33)11-4-3-8-16-20-15(14-37-16)30-22(35)31-20/h15-17,20H,1-14,27H2,(H,28,33)(H,29,32)(H2,30,31,35)/t15-,16?,17?,20-/m0/s1. The van der Waals surface area contributed by atoms with Gasteiger partial charge in [-0.2, -0.15) is 24.9 Å². The van der Waals surface area contributed by atoms with E-state index in [-0.39, 0.29) is 36.3 Å². The lowest BCUT2D eigenvalue weighted by Gasteiger charge is -2.16. The summed E-state index contributed by atoms with van der Waals surface area (Å²) in [4.78, 5) is 45.9. The molecule has 0 aromatic carbocycles. The lowest BCUT2D eigenvalue weighted by Crippen LogP contribution is -2.36. The summed E-state index contributed by atoms with van der Waals surface area (Å²) in [5.41, 5.74) is 5.34. The highest BCUT2D eigenvalue weighted by atomic mass is 32.2. The highest BCUT2D eigenvalue weighted by Crippen LogP contribution is 2.33. The van der Waals surface area contributed by atoms with Crippen molar-refractivity contribution in [2.75, 3.05) is 18.8 Å². The number of hydrogen-bond acceptors (Lipinski definition) is 7. The van der Waals surface area contributed by atoms with Crippen molar-refractivity contribution in [1.82, 2.24) is 21.3 Å². The average molecular weight is 554 g/mol. The summed E-state index contributed by atoms with van der Waals surface area (Å²) in [5.74, 6) is -1.46. The van der Waals surface area contributed by atoms with Gasteiger partial charge in [0.15, 0.2) is 6.23 Å². The van der Waals surface area contributed by atoms with Crippen molar-refractivity contribution in [2.24, 2.45) is 5.73 Å². The van der Waals surface area contributed by atoms with Crippen LogP contribution in [-0.4, -0.2) is 72.4 Å². The number of esters is 1. The summed E-state index contributed by atoms with van der Waals surface area (Å²) in [7, 11) is 0. The van der Waals surface area contributed by atoms with Gasteiger partial charge < -0.3 is 26.0 Å². The Kier molecular flexibility index (Phi) is 13.3. The number of carbonyl (C=O) groups excluding carboxylic acids is 4. The maximum absolute atomic E-state index is 12.1. The third-order valence-electron chi connectivity index (χ3n) is 6.21. The molecule has 2 heterocycles. The van der Waals surface area contributed by atoms with Crippen molar-refractivity contribution in [1.29, 1.82) is 0 Å². The summed E-state index contributed by atoms with van der Waals surface area (Å²) in [5, 5.41) is 11.9. The van der Waals surface area contributed by atoms with Gasteiger partial charge in [-0.1, -0.05) is 12.8 Å². The zero-order valence-electron chi connectivity index (χ0n) is 20.9. The number of hydrogen-bond donors (Lipinski definition) is 5. The fourth-order valence-electron chi connectivity index (χ4n) is 4.23. The molecule has 0 spiro atoms. The van der Waals surface area contributed by atoms with Crippen LogP contribution in [0.2, 0.25) is 0 Å². The smallest absolute Gasteiger partial charge is 0.440 e. The number of fused-ring (bicyclic) bond motifs is 1. The predicted octanol–water partition coefficient (Wildman–Crippen LogP) is 2.07. The monoisotopic (exact) mass is 553 g/mol. The number of halogens is 3. The number of nitrogens with two attached hydrogens (primary N) is 1. The molecule has 0 aliphatic carbocycles. The molecule has 0 saturated carbocycles. The third-order valence-corrected chi connectivity index (χ3v) is 7.72. The van der Waals surface area contributed by atoms with E-state index in [0.29, 0.717) is 50.4 Å².